The van der Waals surface area contributed by atoms with Gasteiger partial charge in [-0.25, -0.2) is 4.98 Å². The first kappa shape index (κ1) is 19.4. The third kappa shape index (κ3) is 4.73. The van der Waals surface area contributed by atoms with E-state index in [9.17, 15) is 0 Å². The first-order chi connectivity index (χ1) is 10.4. The first-order valence-corrected chi connectivity index (χ1v) is 8.42. The average molecular weight is 288 g/mol. The van der Waals surface area contributed by atoms with Crippen LogP contribution >= 0.6 is 0 Å². The van der Waals surface area contributed by atoms with E-state index in [0.29, 0.717) is 11.8 Å². The Morgan fingerprint density at radius 1 is 1.00 bits per heavy atom. The molecule has 1 aromatic heterocycles. The lowest BCUT2D eigenvalue weighted by Gasteiger charge is -2.14. The molecule has 0 spiro atoms. The van der Waals surface area contributed by atoms with Gasteiger partial charge < -0.3 is 4.98 Å². The molecule has 21 heavy (non-hydrogen) atoms. The molecular formula is C19H32N2. The number of benzene rings is 1. The molecule has 1 N–H and O–H groups in total. The van der Waals surface area contributed by atoms with Gasteiger partial charge in [0.05, 0.1) is 6.33 Å². The number of aromatic nitrogens is 2. The van der Waals surface area contributed by atoms with Crippen molar-refractivity contribution in [1.29, 1.82) is 0 Å². The lowest BCUT2D eigenvalue weighted by atomic mass is 9.91. The lowest BCUT2D eigenvalue weighted by Crippen LogP contribution is -2.05. The molecule has 1 heterocycles. The maximum Gasteiger partial charge on any atom is 0.0921 e. The van der Waals surface area contributed by atoms with E-state index in [1.807, 2.05) is 47.7 Å². The van der Waals surface area contributed by atoms with Crippen molar-refractivity contribution in [3.8, 4) is 0 Å². The predicted molar refractivity (Wildman–Crippen MR) is 93.8 cm³/mol. The highest BCUT2D eigenvalue weighted by molar-refractivity contribution is 5.40. The van der Waals surface area contributed by atoms with Gasteiger partial charge in [-0.3, -0.25) is 0 Å². The van der Waals surface area contributed by atoms with Gasteiger partial charge in [0.2, 0.25) is 0 Å². The third-order valence-electron chi connectivity index (χ3n) is 3.36. The molecule has 3 rings (SSSR count). The Kier molecular flexibility index (Phi) is 10.3. The van der Waals surface area contributed by atoms with Crippen LogP contribution in [-0.4, -0.2) is 9.97 Å². The molecule has 0 saturated carbocycles. The molecule has 0 fully saturated rings. The summed E-state index contributed by atoms with van der Waals surface area (Å²) in [6.07, 6.45) is 4.89. The van der Waals surface area contributed by atoms with Crippen molar-refractivity contribution in [2.24, 2.45) is 5.92 Å². The van der Waals surface area contributed by atoms with Crippen molar-refractivity contribution in [3.05, 3.63) is 53.6 Å². The van der Waals surface area contributed by atoms with Crippen molar-refractivity contribution < 1.29 is 0 Å². The molecule has 0 radical (unpaired) electrons. The summed E-state index contributed by atoms with van der Waals surface area (Å²) in [7, 11) is 0. The number of nitrogens with one attached hydrogen (secondary N) is 1. The fraction of sp³-hybridized carbons (Fsp3) is 0.526. The number of fused-ring (bicyclic) bond motifs is 1. The van der Waals surface area contributed by atoms with Gasteiger partial charge in [-0.15, -0.1) is 0 Å². The van der Waals surface area contributed by atoms with Crippen molar-refractivity contribution in [1.82, 2.24) is 9.97 Å². The van der Waals surface area contributed by atoms with Crippen molar-refractivity contribution in [2.45, 2.75) is 60.8 Å². The molecule has 0 aliphatic heterocycles. The summed E-state index contributed by atoms with van der Waals surface area (Å²) in [5, 5.41) is 0. The number of hydrogen-bond donors (Lipinski definition) is 1. The Hall–Kier alpha value is -1.57. The molecule has 1 aromatic carbocycles. The van der Waals surface area contributed by atoms with Gasteiger partial charge in [0.15, 0.2) is 0 Å². The summed E-state index contributed by atoms with van der Waals surface area (Å²) < 4.78 is 0. The van der Waals surface area contributed by atoms with E-state index < -0.39 is 0 Å². The van der Waals surface area contributed by atoms with E-state index in [1.54, 1.807) is 6.33 Å². The maximum atomic E-state index is 4.12. The van der Waals surface area contributed by atoms with Crippen LogP contribution in [0.15, 0.2) is 36.8 Å². The fourth-order valence-corrected chi connectivity index (χ4v) is 2.71. The summed E-state index contributed by atoms with van der Waals surface area (Å²) >= 11 is 0. The van der Waals surface area contributed by atoms with Crippen molar-refractivity contribution in [3.63, 3.8) is 0 Å². The summed E-state index contributed by atoms with van der Waals surface area (Å²) in [5.74, 6) is 1.17. The van der Waals surface area contributed by atoms with Crippen LogP contribution < -0.4 is 0 Å². The number of imidazole rings is 1. The minimum Gasteiger partial charge on any atom is -0.348 e. The van der Waals surface area contributed by atoms with Crippen LogP contribution in [0.4, 0.5) is 0 Å². The number of rotatable bonds is 1. The normalized spacial score (nSPS) is 18.0. The predicted octanol–water partition coefficient (Wildman–Crippen LogP) is 5.81. The van der Waals surface area contributed by atoms with Gasteiger partial charge in [0.1, 0.15) is 0 Å². The van der Waals surface area contributed by atoms with E-state index >= 15 is 0 Å². The Bertz CT molecular complexity index is 460. The Morgan fingerprint density at radius 3 is 2.19 bits per heavy atom. The summed E-state index contributed by atoms with van der Waals surface area (Å²) in [4.78, 5) is 7.36. The molecule has 1 aliphatic rings. The van der Waals surface area contributed by atoms with E-state index in [1.165, 1.54) is 23.2 Å². The molecule has 118 valence electrons. The van der Waals surface area contributed by atoms with Gasteiger partial charge in [-0.2, -0.15) is 0 Å². The van der Waals surface area contributed by atoms with Gasteiger partial charge >= 0.3 is 0 Å². The highest BCUT2D eigenvalue weighted by atomic mass is 14.9. The smallest absolute Gasteiger partial charge is 0.0921 e. The molecule has 0 amide bonds. The Balaban J connectivity index is 0.000000598. The SMILES string of the molecule is CC.CC.CC.CC1Cc2ccccc2C1c1cnc[nH]1. The van der Waals surface area contributed by atoms with Gasteiger partial charge in [0, 0.05) is 17.8 Å². The maximum absolute atomic E-state index is 4.12. The number of nitrogens with zero attached hydrogens (tertiary/aromatic N) is 1. The van der Waals surface area contributed by atoms with Gasteiger partial charge in [-0.1, -0.05) is 72.7 Å². The minimum absolute atomic E-state index is 0.503. The molecule has 0 saturated heterocycles. The second-order valence-electron chi connectivity index (χ2n) is 4.36. The second kappa shape index (κ2) is 11.1. The van der Waals surface area contributed by atoms with Gasteiger partial charge in [0.25, 0.3) is 0 Å². The number of hydrogen-bond acceptors (Lipinski definition) is 1. The van der Waals surface area contributed by atoms with E-state index in [0.717, 1.165) is 0 Å². The number of H-pyrrole nitrogens is 1. The summed E-state index contributed by atoms with van der Waals surface area (Å²) in [6, 6.07) is 8.73. The van der Waals surface area contributed by atoms with Crippen molar-refractivity contribution in [2.75, 3.05) is 0 Å². The molecule has 1 aliphatic carbocycles. The minimum atomic E-state index is 0.503. The zero-order valence-electron chi connectivity index (χ0n) is 14.8. The topological polar surface area (TPSA) is 28.7 Å². The van der Waals surface area contributed by atoms with Crippen LogP contribution in [0, 0.1) is 5.92 Å². The average Bonchev–Trinajstić information content (AvgIpc) is 3.19. The van der Waals surface area contributed by atoms with E-state index in [-0.39, 0.29) is 0 Å². The Morgan fingerprint density at radius 2 is 1.62 bits per heavy atom. The molecule has 0 bridgehead atoms. The van der Waals surface area contributed by atoms with Crippen LogP contribution in [-0.2, 0) is 6.42 Å². The van der Waals surface area contributed by atoms with Crippen LogP contribution in [0.5, 0.6) is 0 Å². The third-order valence-corrected chi connectivity index (χ3v) is 3.36. The lowest BCUT2D eigenvalue weighted by molar-refractivity contribution is 0.549. The first-order valence-electron chi connectivity index (χ1n) is 8.42. The zero-order valence-corrected chi connectivity index (χ0v) is 14.8. The standard InChI is InChI=1S/C13H14N2.3C2H6/c1-9-6-10-4-2-3-5-11(10)13(9)12-7-14-8-15-12;3*1-2/h2-5,7-9,13H,6H2,1H3,(H,14,15);3*1-2H3. The Labute approximate surface area is 131 Å². The summed E-state index contributed by atoms with van der Waals surface area (Å²) in [5.41, 5.74) is 4.20. The highest BCUT2D eigenvalue weighted by Crippen LogP contribution is 2.40. The monoisotopic (exact) mass is 288 g/mol. The molecule has 2 unspecified atom stereocenters. The van der Waals surface area contributed by atoms with Gasteiger partial charge in [-0.05, 0) is 23.5 Å². The molecule has 2 heteroatoms. The fourth-order valence-electron chi connectivity index (χ4n) is 2.71. The summed E-state index contributed by atoms with van der Waals surface area (Å²) in [6.45, 7) is 14.3. The van der Waals surface area contributed by atoms with Crippen LogP contribution in [0.25, 0.3) is 0 Å². The second-order valence-corrected chi connectivity index (χ2v) is 4.36. The zero-order chi connectivity index (χ0) is 16.3. The van der Waals surface area contributed by atoms with Crippen LogP contribution in [0.3, 0.4) is 0 Å². The quantitative estimate of drug-likeness (QED) is 0.704. The molecule has 2 aromatic rings. The highest BCUT2D eigenvalue weighted by Gasteiger charge is 2.30. The van der Waals surface area contributed by atoms with Crippen molar-refractivity contribution >= 4 is 0 Å². The molecule has 2 nitrogen and oxygen atoms in total. The largest absolute Gasteiger partial charge is 0.348 e. The molecular weight excluding hydrogens is 256 g/mol. The van der Waals surface area contributed by atoms with E-state index in [4.69, 9.17) is 0 Å². The molecule has 2 atom stereocenters. The van der Waals surface area contributed by atoms with Crippen LogP contribution in [0.2, 0.25) is 0 Å². The number of aromatic amines is 1. The van der Waals surface area contributed by atoms with E-state index in [2.05, 4.69) is 41.2 Å². The van der Waals surface area contributed by atoms with Crippen LogP contribution in [0.1, 0.15) is 71.2 Å².